The molecule has 104 valence electrons. The molecule has 2 rings (SSSR count). The van der Waals surface area contributed by atoms with Gasteiger partial charge in [-0.3, -0.25) is 4.79 Å². The molecule has 0 spiro atoms. The van der Waals surface area contributed by atoms with Gasteiger partial charge in [-0.15, -0.1) is 0 Å². The number of likely N-dealkylation sites (tertiary alicyclic amines) is 1. The smallest absolute Gasteiger partial charge is 0.255 e. The third-order valence-electron chi connectivity index (χ3n) is 4.00. The van der Waals surface area contributed by atoms with Crippen molar-refractivity contribution in [1.29, 1.82) is 0 Å². The second-order valence-electron chi connectivity index (χ2n) is 5.64. The summed E-state index contributed by atoms with van der Waals surface area (Å²) in [5.74, 6) is 1.07. The third-order valence-corrected chi connectivity index (χ3v) is 4.39. The molecule has 0 unspecified atom stereocenters. The van der Waals surface area contributed by atoms with Gasteiger partial charge in [0.15, 0.2) is 0 Å². The van der Waals surface area contributed by atoms with E-state index in [0.717, 1.165) is 19.5 Å². The minimum atomic E-state index is -0.0801. The van der Waals surface area contributed by atoms with Gasteiger partial charge in [0.1, 0.15) is 5.75 Å². The Morgan fingerprint density at radius 1 is 1.47 bits per heavy atom. The van der Waals surface area contributed by atoms with Crippen LogP contribution in [0.5, 0.6) is 5.75 Å². The number of carbonyl (C=O) groups is 1. The van der Waals surface area contributed by atoms with Crippen LogP contribution in [0.4, 0.5) is 0 Å². The molecule has 1 aliphatic heterocycles. The Hall–Kier alpha value is -1.22. The standard InChI is InChI=1S/C15H20ClNO2/c1-9(2)11-6-7-17(8-11)15(19)12-5-4-10(3)14(18)13(12)16/h4-5,9,11,18H,6-8H2,1-3H3/t11-/m0/s1. The first-order valence-electron chi connectivity index (χ1n) is 6.69. The second kappa shape index (κ2) is 5.41. The van der Waals surface area contributed by atoms with E-state index in [4.69, 9.17) is 11.6 Å². The lowest BCUT2D eigenvalue weighted by molar-refractivity contribution is 0.0784. The van der Waals surface area contributed by atoms with Crippen LogP contribution >= 0.6 is 11.6 Å². The minimum absolute atomic E-state index is 0.00660. The van der Waals surface area contributed by atoms with Gasteiger partial charge in [0.2, 0.25) is 0 Å². The molecule has 19 heavy (non-hydrogen) atoms. The maximum Gasteiger partial charge on any atom is 0.255 e. The summed E-state index contributed by atoms with van der Waals surface area (Å²) in [6.45, 7) is 7.68. The molecule has 0 aromatic heterocycles. The lowest BCUT2D eigenvalue weighted by atomic mass is 9.95. The predicted molar refractivity (Wildman–Crippen MR) is 76.7 cm³/mol. The number of hydrogen-bond donors (Lipinski definition) is 1. The SMILES string of the molecule is Cc1ccc(C(=O)N2CC[C@H](C(C)C)C2)c(Cl)c1O. The Labute approximate surface area is 119 Å². The van der Waals surface area contributed by atoms with Crippen molar-refractivity contribution < 1.29 is 9.90 Å². The van der Waals surface area contributed by atoms with E-state index in [1.807, 2.05) is 4.90 Å². The highest BCUT2D eigenvalue weighted by Gasteiger charge is 2.30. The molecule has 0 aliphatic carbocycles. The molecule has 0 bridgehead atoms. The molecule has 4 heteroatoms. The third kappa shape index (κ3) is 2.71. The highest BCUT2D eigenvalue weighted by Crippen LogP contribution is 2.32. The maximum absolute atomic E-state index is 12.4. The van der Waals surface area contributed by atoms with Crippen LogP contribution in [-0.2, 0) is 0 Å². The highest BCUT2D eigenvalue weighted by molar-refractivity contribution is 6.35. The van der Waals surface area contributed by atoms with Gasteiger partial charge >= 0.3 is 0 Å². The zero-order chi connectivity index (χ0) is 14.2. The number of halogens is 1. The number of aryl methyl sites for hydroxylation is 1. The molecule has 1 amide bonds. The van der Waals surface area contributed by atoms with Gasteiger partial charge in [0, 0.05) is 13.1 Å². The van der Waals surface area contributed by atoms with Crippen molar-refractivity contribution in [2.45, 2.75) is 27.2 Å². The number of nitrogens with zero attached hydrogens (tertiary/aromatic N) is 1. The number of phenolic OH excluding ortho intramolecular Hbond substituents is 1. The Morgan fingerprint density at radius 3 is 2.74 bits per heavy atom. The summed E-state index contributed by atoms with van der Waals surface area (Å²) in [6.07, 6.45) is 1.04. The van der Waals surface area contributed by atoms with Crippen LogP contribution < -0.4 is 0 Å². The normalized spacial score (nSPS) is 19.2. The van der Waals surface area contributed by atoms with Gasteiger partial charge in [-0.05, 0) is 36.8 Å². The molecule has 1 aliphatic rings. The zero-order valence-corrected chi connectivity index (χ0v) is 12.4. The quantitative estimate of drug-likeness (QED) is 0.902. The largest absolute Gasteiger partial charge is 0.506 e. The summed E-state index contributed by atoms with van der Waals surface area (Å²) in [7, 11) is 0. The molecule has 1 saturated heterocycles. The van der Waals surface area contributed by atoms with Crippen LogP contribution in [-0.4, -0.2) is 29.0 Å². The summed E-state index contributed by atoms with van der Waals surface area (Å²) in [4.78, 5) is 14.3. The average molecular weight is 282 g/mol. The number of aromatic hydroxyl groups is 1. The number of benzene rings is 1. The summed E-state index contributed by atoms with van der Waals surface area (Å²) in [6, 6.07) is 3.42. The van der Waals surface area contributed by atoms with E-state index >= 15 is 0 Å². The Kier molecular flexibility index (Phi) is 4.04. The monoisotopic (exact) mass is 281 g/mol. The molecule has 1 atom stereocenters. The van der Waals surface area contributed by atoms with E-state index in [0.29, 0.717) is 23.0 Å². The predicted octanol–water partition coefficient (Wildman–Crippen LogP) is 3.47. The van der Waals surface area contributed by atoms with Crippen LogP contribution in [0.15, 0.2) is 12.1 Å². The minimum Gasteiger partial charge on any atom is -0.506 e. The summed E-state index contributed by atoms with van der Waals surface area (Å²) < 4.78 is 0. The van der Waals surface area contributed by atoms with Crippen molar-refractivity contribution in [2.24, 2.45) is 11.8 Å². The number of phenols is 1. The molecular weight excluding hydrogens is 262 g/mol. The molecule has 0 saturated carbocycles. The molecule has 1 N–H and O–H groups in total. The first kappa shape index (κ1) is 14.2. The first-order valence-corrected chi connectivity index (χ1v) is 7.07. The number of rotatable bonds is 2. The van der Waals surface area contributed by atoms with Gasteiger partial charge in [-0.2, -0.15) is 0 Å². The summed E-state index contributed by atoms with van der Waals surface area (Å²) in [5.41, 5.74) is 1.08. The Balaban J connectivity index is 2.20. The summed E-state index contributed by atoms with van der Waals surface area (Å²) in [5, 5.41) is 9.98. The van der Waals surface area contributed by atoms with E-state index < -0.39 is 0 Å². The molecule has 1 aromatic carbocycles. The number of carbonyl (C=O) groups excluding carboxylic acids is 1. The van der Waals surface area contributed by atoms with E-state index in [-0.39, 0.29) is 16.7 Å². The van der Waals surface area contributed by atoms with E-state index in [2.05, 4.69) is 13.8 Å². The number of amides is 1. The Bertz CT molecular complexity index is 499. The maximum atomic E-state index is 12.4. The van der Waals surface area contributed by atoms with Crippen molar-refractivity contribution in [3.8, 4) is 5.75 Å². The molecule has 0 radical (unpaired) electrons. The lowest BCUT2D eigenvalue weighted by Crippen LogP contribution is -2.29. The van der Waals surface area contributed by atoms with Crippen LogP contribution in [0.2, 0.25) is 5.02 Å². The van der Waals surface area contributed by atoms with Gasteiger partial charge in [0.25, 0.3) is 5.91 Å². The van der Waals surface area contributed by atoms with E-state index in [1.54, 1.807) is 19.1 Å². The van der Waals surface area contributed by atoms with Crippen molar-refractivity contribution in [1.82, 2.24) is 4.90 Å². The molecular formula is C15H20ClNO2. The van der Waals surface area contributed by atoms with E-state index in [1.165, 1.54) is 0 Å². The van der Waals surface area contributed by atoms with Gasteiger partial charge in [-0.1, -0.05) is 31.5 Å². The van der Waals surface area contributed by atoms with Crippen LogP contribution in [0, 0.1) is 18.8 Å². The first-order chi connectivity index (χ1) is 8.91. The fourth-order valence-corrected chi connectivity index (χ4v) is 2.81. The van der Waals surface area contributed by atoms with Gasteiger partial charge in [0.05, 0.1) is 10.6 Å². The molecule has 1 fully saturated rings. The highest BCUT2D eigenvalue weighted by atomic mass is 35.5. The Morgan fingerprint density at radius 2 is 2.16 bits per heavy atom. The second-order valence-corrected chi connectivity index (χ2v) is 6.01. The average Bonchev–Trinajstić information content (AvgIpc) is 2.85. The summed E-state index contributed by atoms with van der Waals surface area (Å²) >= 11 is 6.07. The molecule has 1 aromatic rings. The van der Waals surface area contributed by atoms with Crippen molar-refractivity contribution in [3.63, 3.8) is 0 Å². The lowest BCUT2D eigenvalue weighted by Gasteiger charge is -2.19. The van der Waals surface area contributed by atoms with Crippen molar-refractivity contribution >= 4 is 17.5 Å². The zero-order valence-electron chi connectivity index (χ0n) is 11.6. The topological polar surface area (TPSA) is 40.5 Å². The van der Waals surface area contributed by atoms with E-state index in [9.17, 15) is 9.90 Å². The van der Waals surface area contributed by atoms with Crippen molar-refractivity contribution in [2.75, 3.05) is 13.1 Å². The fourth-order valence-electron chi connectivity index (χ4n) is 2.51. The van der Waals surface area contributed by atoms with Crippen LogP contribution in [0.25, 0.3) is 0 Å². The van der Waals surface area contributed by atoms with Gasteiger partial charge in [-0.25, -0.2) is 0 Å². The van der Waals surface area contributed by atoms with Gasteiger partial charge < -0.3 is 10.0 Å². The fraction of sp³-hybridized carbons (Fsp3) is 0.533. The molecule has 1 heterocycles. The number of hydrogen-bond acceptors (Lipinski definition) is 2. The van der Waals surface area contributed by atoms with Crippen LogP contribution in [0.3, 0.4) is 0 Å². The van der Waals surface area contributed by atoms with Crippen molar-refractivity contribution in [3.05, 3.63) is 28.3 Å². The molecule has 3 nitrogen and oxygen atoms in total. The van der Waals surface area contributed by atoms with Crippen LogP contribution in [0.1, 0.15) is 36.2 Å².